The van der Waals surface area contributed by atoms with E-state index < -0.39 is 6.04 Å². The second kappa shape index (κ2) is 10.4. The molecule has 144 valence electrons. The minimum Gasteiger partial charge on any atom is -0.357 e. The molecule has 0 unspecified atom stereocenters. The van der Waals surface area contributed by atoms with Gasteiger partial charge in [-0.25, -0.2) is 0 Å². The van der Waals surface area contributed by atoms with Gasteiger partial charge in [0.1, 0.15) is 6.04 Å². The summed E-state index contributed by atoms with van der Waals surface area (Å²) in [5.74, 6) is 0.701. The van der Waals surface area contributed by atoms with Gasteiger partial charge in [-0.1, -0.05) is 59.6 Å². The fourth-order valence-corrected chi connectivity index (χ4v) is 3.82. The number of hydrogen-bond donors (Lipinski definition) is 1. The van der Waals surface area contributed by atoms with Crippen LogP contribution in [0.1, 0.15) is 23.6 Å². The van der Waals surface area contributed by atoms with E-state index >= 15 is 0 Å². The molecule has 0 radical (unpaired) electrons. The minimum atomic E-state index is -0.537. The maximum atomic E-state index is 12.8. The number of amides is 2. The third kappa shape index (κ3) is 6.29. The van der Waals surface area contributed by atoms with Crippen molar-refractivity contribution < 1.29 is 9.59 Å². The standard InChI is InChI=1S/C21H25ClN2O2S/c1-15-8-10-17(11-9-15)12-24(16(2)21(26)23-3)20(25)14-27-13-18-6-4-5-7-19(18)22/h4-11,16H,12-14H2,1-3H3,(H,23,26)/t16-/m1/s1. The molecule has 27 heavy (non-hydrogen) atoms. The highest BCUT2D eigenvalue weighted by atomic mass is 35.5. The summed E-state index contributed by atoms with van der Waals surface area (Å²) in [6.45, 7) is 4.18. The van der Waals surface area contributed by atoms with Gasteiger partial charge in [0.2, 0.25) is 11.8 Å². The van der Waals surface area contributed by atoms with Crippen LogP contribution in [0.5, 0.6) is 0 Å². The zero-order valence-corrected chi connectivity index (χ0v) is 17.4. The Hall–Kier alpha value is -1.98. The summed E-state index contributed by atoms with van der Waals surface area (Å²) in [7, 11) is 1.58. The van der Waals surface area contributed by atoms with Gasteiger partial charge in [-0.15, -0.1) is 11.8 Å². The first-order chi connectivity index (χ1) is 12.9. The van der Waals surface area contributed by atoms with Crippen molar-refractivity contribution in [1.82, 2.24) is 10.2 Å². The maximum Gasteiger partial charge on any atom is 0.242 e. The molecule has 0 aliphatic heterocycles. The Kier molecular flexibility index (Phi) is 8.20. The van der Waals surface area contributed by atoms with E-state index in [-0.39, 0.29) is 11.8 Å². The van der Waals surface area contributed by atoms with Crippen LogP contribution < -0.4 is 5.32 Å². The number of likely N-dealkylation sites (N-methyl/N-ethyl adjacent to an activating group) is 1. The number of aryl methyl sites for hydroxylation is 1. The van der Waals surface area contributed by atoms with E-state index in [2.05, 4.69) is 5.32 Å². The summed E-state index contributed by atoms with van der Waals surface area (Å²) in [5.41, 5.74) is 3.16. The monoisotopic (exact) mass is 404 g/mol. The summed E-state index contributed by atoms with van der Waals surface area (Å²) >= 11 is 7.67. The van der Waals surface area contributed by atoms with Crippen LogP contribution in [0.25, 0.3) is 0 Å². The largest absolute Gasteiger partial charge is 0.357 e. The van der Waals surface area contributed by atoms with Crippen molar-refractivity contribution in [2.45, 2.75) is 32.2 Å². The molecule has 0 bridgehead atoms. The van der Waals surface area contributed by atoms with Crippen LogP contribution >= 0.6 is 23.4 Å². The smallest absolute Gasteiger partial charge is 0.242 e. The highest BCUT2D eigenvalue weighted by molar-refractivity contribution is 7.99. The molecular weight excluding hydrogens is 380 g/mol. The summed E-state index contributed by atoms with van der Waals surface area (Å²) < 4.78 is 0. The zero-order valence-electron chi connectivity index (χ0n) is 15.9. The molecule has 2 aromatic carbocycles. The van der Waals surface area contributed by atoms with Crippen LogP contribution in [-0.2, 0) is 21.9 Å². The molecule has 0 heterocycles. The topological polar surface area (TPSA) is 49.4 Å². The Balaban J connectivity index is 2.04. The molecule has 2 aromatic rings. The third-order valence-corrected chi connectivity index (χ3v) is 5.66. The van der Waals surface area contributed by atoms with Crippen molar-refractivity contribution in [3.63, 3.8) is 0 Å². The Morgan fingerprint density at radius 1 is 1.15 bits per heavy atom. The minimum absolute atomic E-state index is 0.0660. The lowest BCUT2D eigenvalue weighted by Gasteiger charge is -2.28. The van der Waals surface area contributed by atoms with Crippen LogP contribution in [-0.4, -0.2) is 35.6 Å². The van der Waals surface area contributed by atoms with E-state index in [0.29, 0.717) is 23.1 Å². The Bertz CT molecular complexity index is 780. The third-order valence-electron chi connectivity index (χ3n) is 4.33. The molecule has 6 heteroatoms. The quantitative estimate of drug-likeness (QED) is 0.722. The number of hydrogen-bond acceptors (Lipinski definition) is 3. The van der Waals surface area contributed by atoms with Gasteiger partial charge in [0.05, 0.1) is 5.75 Å². The number of nitrogens with one attached hydrogen (secondary N) is 1. The van der Waals surface area contributed by atoms with Crippen molar-refractivity contribution in [3.05, 3.63) is 70.2 Å². The van der Waals surface area contributed by atoms with E-state index in [1.54, 1.807) is 18.9 Å². The van der Waals surface area contributed by atoms with E-state index in [4.69, 9.17) is 11.6 Å². The van der Waals surface area contributed by atoms with Gasteiger partial charge in [-0.2, -0.15) is 0 Å². The van der Waals surface area contributed by atoms with Gasteiger partial charge in [0.25, 0.3) is 0 Å². The summed E-state index contributed by atoms with van der Waals surface area (Å²) in [5, 5.41) is 3.33. The number of carbonyl (C=O) groups excluding carboxylic acids is 2. The molecule has 0 spiro atoms. The SMILES string of the molecule is CNC(=O)[C@@H](C)N(Cc1ccc(C)cc1)C(=O)CSCc1ccccc1Cl. The van der Waals surface area contributed by atoms with E-state index in [1.165, 1.54) is 11.8 Å². The number of thioether (sulfide) groups is 1. The average Bonchev–Trinajstić information content (AvgIpc) is 2.67. The summed E-state index contributed by atoms with van der Waals surface area (Å²) in [6.07, 6.45) is 0. The first-order valence-corrected chi connectivity index (χ1v) is 10.3. The van der Waals surface area contributed by atoms with E-state index in [9.17, 15) is 9.59 Å². The number of rotatable bonds is 8. The predicted octanol–water partition coefficient (Wildman–Crippen LogP) is 4.04. The van der Waals surface area contributed by atoms with E-state index in [0.717, 1.165) is 16.7 Å². The first-order valence-electron chi connectivity index (χ1n) is 8.80. The molecule has 2 amide bonds. The summed E-state index contributed by atoms with van der Waals surface area (Å²) in [4.78, 5) is 26.6. The van der Waals surface area contributed by atoms with Crippen LogP contribution in [0.2, 0.25) is 5.02 Å². The summed E-state index contributed by atoms with van der Waals surface area (Å²) in [6, 6.07) is 15.1. The normalized spacial score (nSPS) is 11.7. The lowest BCUT2D eigenvalue weighted by Crippen LogP contribution is -2.47. The van der Waals surface area contributed by atoms with Crippen molar-refractivity contribution in [1.29, 1.82) is 0 Å². The lowest BCUT2D eigenvalue weighted by atomic mass is 10.1. The second-order valence-electron chi connectivity index (χ2n) is 6.38. The van der Waals surface area contributed by atoms with Crippen molar-refractivity contribution in [2.75, 3.05) is 12.8 Å². The lowest BCUT2D eigenvalue weighted by molar-refractivity contribution is -0.138. The predicted molar refractivity (Wildman–Crippen MR) is 113 cm³/mol. The molecule has 0 saturated heterocycles. The number of nitrogens with zero attached hydrogens (tertiary/aromatic N) is 1. The van der Waals surface area contributed by atoms with Gasteiger partial charge in [0.15, 0.2) is 0 Å². The van der Waals surface area contributed by atoms with Crippen molar-refractivity contribution in [3.8, 4) is 0 Å². The number of carbonyl (C=O) groups is 2. The highest BCUT2D eigenvalue weighted by Crippen LogP contribution is 2.21. The second-order valence-corrected chi connectivity index (χ2v) is 7.77. The van der Waals surface area contributed by atoms with Gasteiger partial charge < -0.3 is 10.2 Å². The molecule has 1 N–H and O–H groups in total. The first kappa shape index (κ1) is 21.3. The Morgan fingerprint density at radius 3 is 2.44 bits per heavy atom. The fraction of sp³-hybridized carbons (Fsp3) is 0.333. The van der Waals surface area contributed by atoms with Crippen molar-refractivity contribution >= 4 is 35.2 Å². The highest BCUT2D eigenvalue weighted by Gasteiger charge is 2.25. The van der Waals surface area contributed by atoms with Crippen LogP contribution in [0, 0.1) is 6.92 Å². The van der Waals surface area contributed by atoms with Gasteiger partial charge in [-0.3, -0.25) is 9.59 Å². The zero-order chi connectivity index (χ0) is 19.8. The van der Waals surface area contributed by atoms with Crippen LogP contribution in [0.4, 0.5) is 0 Å². The van der Waals surface area contributed by atoms with Gasteiger partial charge >= 0.3 is 0 Å². The molecule has 1 atom stereocenters. The van der Waals surface area contributed by atoms with Crippen molar-refractivity contribution in [2.24, 2.45) is 0 Å². The molecule has 2 rings (SSSR count). The molecule has 0 aromatic heterocycles. The van der Waals surface area contributed by atoms with Crippen LogP contribution in [0.15, 0.2) is 48.5 Å². The Morgan fingerprint density at radius 2 is 1.81 bits per heavy atom. The van der Waals surface area contributed by atoms with E-state index in [1.807, 2.05) is 55.5 Å². The molecule has 0 aliphatic rings. The molecule has 0 saturated carbocycles. The Labute approximate surface area is 170 Å². The van der Waals surface area contributed by atoms with Gasteiger partial charge in [-0.05, 0) is 31.0 Å². The maximum absolute atomic E-state index is 12.8. The fourth-order valence-electron chi connectivity index (χ4n) is 2.63. The molecule has 0 aliphatic carbocycles. The van der Waals surface area contributed by atoms with Gasteiger partial charge in [0, 0.05) is 24.4 Å². The molecular formula is C21H25ClN2O2S. The number of benzene rings is 2. The number of halogens is 1. The average molecular weight is 405 g/mol. The van der Waals surface area contributed by atoms with Crippen LogP contribution in [0.3, 0.4) is 0 Å². The molecule has 4 nitrogen and oxygen atoms in total. The molecule has 0 fully saturated rings.